The van der Waals surface area contributed by atoms with Crippen LogP contribution in [0.4, 0.5) is 0 Å². The molecule has 126 valence electrons. The maximum absolute atomic E-state index is 12.2. The number of carbonyl (C=O) groups is 1. The maximum Gasteiger partial charge on any atom is 0.271 e. The van der Waals surface area contributed by atoms with E-state index in [0.29, 0.717) is 6.54 Å². The smallest absolute Gasteiger partial charge is 0.271 e. The van der Waals surface area contributed by atoms with Gasteiger partial charge in [0.2, 0.25) is 0 Å². The van der Waals surface area contributed by atoms with Crippen LogP contribution in [0.2, 0.25) is 0 Å². The van der Waals surface area contributed by atoms with Gasteiger partial charge in [0.1, 0.15) is 5.69 Å². The largest absolute Gasteiger partial charge is 0.349 e. The van der Waals surface area contributed by atoms with Gasteiger partial charge in [-0.3, -0.25) is 14.5 Å². The van der Waals surface area contributed by atoms with Gasteiger partial charge in [-0.2, -0.15) is 5.10 Å². The van der Waals surface area contributed by atoms with Crippen LogP contribution in [0.1, 0.15) is 28.9 Å². The Hall–Kier alpha value is -2.47. The number of hydrogen-bond donors (Lipinski definition) is 2. The van der Waals surface area contributed by atoms with Gasteiger partial charge in [0.25, 0.3) is 11.5 Å². The van der Waals surface area contributed by atoms with Crippen molar-refractivity contribution in [3.63, 3.8) is 0 Å². The Balaban J connectivity index is 1.64. The highest BCUT2D eigenvalue weighted by molar-refractivity contribution is 5.91. The van der Waals surface area contributed by atoms with E-state index in [9.17, 15) is 9.59 Å². The zero-order valence-electron chi connectivity index (χ0n) is 13.6. The molecule has 1 atom stereocenters. The first-order valence-corrected chi connectivity index (χ1v) is 8.34. The Labute approximate surface area is 140 Å². The molecule has 0 spiro atoms. The Kier molecular flexibility index (Phi) is 5.38. The number of rotatable bonds is 6. The maximum atomic E-state index is 12.2. The van der Waals surface area contributed by atoms with Crippen LogP contribution in [0.15, 0.2) is 47.3 Å². The van der Waals surface area contributed by atoms with Crippen molar-refractivity contribution in [1.29, 1.82) is 0 Å². The molecule has 2 aromatic rings. The number of carbonyl (C=O) groups excluding carboxylic acids is 1. The topological polar surface area (TPSA) is 78.1 Å². The van der Waals surface area contributed by atoms with Crippen molar-refractivity contribution in [2.75, 3.05) is 19.6 Å². The molecule has 1 fully saturated rings. The highest BCUT2D eigenvalue weighted by atomic mass is 16.2. The lowest BCUT2D eigenvalue weighted by atomic mass is 10.0. The molecular weight excluding hydrogens is 304 g/mol. The first-order valence-electron chi connectivity index (χ1n) is 8.34. The van der Waals surface area contributed by atoms with E-state index < -0.39 is 0 Å². The predicted octanol–water partition coefficient (Wildman–Crippen LogP) is 1.21. The fourth-order valence-corrected chi connectivity index (χ4v) is 3.10. The molecule has 1 aliphatic rings. The number of likely N-dealkylation sites (tertiary alicyclic amines) is 1. The molecule has 3 rings (SSSR count). The molecular formula is C18H22N4O2. The van der Waals surface area contributed by atoms with Gasteiger partial charge in [-0.25, -0.2) is 5.10 Å². The predicted molar refractivity (Wildman–Crippen MR) is 91.9 cm³/mol. The highest BCUT2D eigenvalue weighted by Crippen LogP contribution is 2.15. The van der Waals surface area contributed by atoms with Crippen molar-refractivity contribution in [2.24, 2.45) is 0 Å². The summed E-state index contributed by atoms with van der Waals surface area (Å²) in [5, 5.41) is 9.01. The quantitative estimate of drug-likeness (QED) is 0.836. The molecule has 1 unspecified atom stereocenters. The van der Waals surface area contributed by atoms with Gasteiger partial charge < -0.3 is 5.32 Å². The summed E-state index contributed by atoms with van der Waals surface area (Å²) < 4.78 is 0. The van der Waals surface area contributed by atoms with Gasteiger partial charge in [0.05, 0.1) is 0 Å². The van der Waals surface area contributed by atoms with E-state index >= 15 is 0 Å². The van der Waals surface area contributed by atoms with Crippen molar-refractivity contribution in [3.05, 3.63) is 64.1 Å². The second-order valence-corrected chi connectivity index (χ2v) is 6.10. The molecule has 1 saturated heterocycles. The van der Waals surface area contributed by atoms with Gasteiger partial charge in [-0.15, -0.1) is 0 Å². The molecule has 6 nitrogen and oxygen atoms in total. The van der Waals surface area contributed by atoms with Gasteiger partial charge >= 0.3 is 0 Å². The molecule has 0 aliphatic carbocycles. The molecule has 2 heterocycles. The summed E-state index contributed by atoms with van der Waals surface area (Å²) >= 11 is 0. The summed E-state index contributed by atoms with van der Waals surface area (Å²) in [5.74, 6) is -0.261. The second kappa shape index (κ2) is 7.88. The highest BCUT2D eigenvalue weighted by Gasteiger charge is 2.23. The third-order valence-corrected chi connectivity index (χ3v) is 4.38. The number of hydrogen-bond acceptors (Lipinski definition) is 4. The summed E-state index contributed by atoms with van der Waals surface area (Å²) in [7, 11) is 0. The Morgan fingerprint density at radius 2 is 1.92 bits per heavy atom. The van der Waals surface area contributed by atoms with E-state index in [-0.39, 0.29) is 23.2 Å². The minimum absolute atomic E-state index is 0.231. The van der Waals surface area contributed by atoms with Crippen LogP contribution < -0.4 is 10.9 Å². The minimum Gasteiger partial charge on any atom is -0.349 e. The Morgan fingerprint density at radius 3 is 2.58 bits per heavy atom. The summed E-state index contributed by atoms with van der Waals surface area (Å²) in [4.78, 5) is 25.7. The van der Waals surface area contributed by atoms with E-state index in [0.717, 1.165) is 19.5 Å². The van der Waals surface area contributed by atoms with Crippen LogP contribution >= 0.6 is 0 Å². The lowest BCUT2D eigenvalue weighted by molar-refractivity contribution is 0.0931. The van der Waals surface area contributed by atoms with Crippen LogP contribution in [0.5, 0.6) is 0 Å². The number of nitrogens with zero attached hydrogens (tertiary/aromatic N) is 2. The summed E-state index contributed by atoms with van der Waals surface area (Å²) in [5.41, 5.74) is 1.19. The lowest BCUT2D eigenvalue weighted by Gasteiger charge is -2.28. The number of aromatic amines is 1. The molecule has 2 N–H and O–H groups in total. The third kappa shape index (κ3) is 4.29. The van der Waals surface area contributed by atoms with Crippen molar-refractivity contribution in [2.45, 2.75) is 25.3 Å². The minimum atomic E-state index is -0.314. The van der Waals surface area contributed by atoms with Gasteiger partial charge in [-0.05, 0) is 44.0 Å². The zero-order valence-corrected chi connectivity index (χ0v) is 13.6. The van der Waals surface area contributed by atoms with E-state index in [4.69, 9.17) is 0 Å². The van der Waals surface area contributed by atoms with Crippen LogP contribution in [0, 0.1) is 0 Å². The lowest BCUT2D eigenvalue weighted by Crippen LogP contribution is -2.44. The molecule has 1 aliphatic heterocycles. The van der Waals surface area contributed by atoms with Crippen molar-refractivity contribution >= 4 is 5.91 Å². The third-order valence-electron chi connectivity index (χ3n) is 4.38. The van der Waals surface area contributed by atoms with Gasteiger partial charge in [-0.1, -0.05) is 30.3 Å². The van der Waals surface area contributed by atoms with Crippen LogP contribution in [-0.2, 0) is 6.42 Å². The number of benzene rings is 1. The van der Waals surface area contributed by atoms with E-state index in [2.05, 4.69) is 32.5 Å². The standard InChI is InChI=1S/C18H22N4O2/c23-17-9-8-16(20-21-17)18(24)19-13-15(22-10-4-5-11-22)12-14-6-2-1-3-7-14/h1-3,6-9,15H,4-5,10-13H2,(H,19,24)(H,21,23). The number of amides is 1. The fraction of sp³-hybridized carbons (Fsp3) is 0.389. The molecule has 6 heteroatoms. The second-order valence-electron chi connectivity index (χ2n) is 6.10. The summed E-state index contributed by atoms with van der Waals surface area (Å²) in [6.45, 7) is 2.71. The van der Waals surface area contributed by atoms with Crippen molar-refractivity contribution in [1.82, 2.24) is 20.4 Å². The number of aromatic nitrogens is 2. The molecule has 1 aromatic carbocycles. The Morgan fingerprint density at radius 1 is 1.17 bits per heavy atom. The fourth-order valence-electron chi connectivity index (χ4n) is 3.10. The van der Waals surface area contributed by atoms with E-state index in [1.165, 1.54) is 30.5 Å². The molecule has 0 saturated carbocycles. The number of H-pyrrole nitrogens is 1. The first-order chi connectivity index (χ1) is 11.7. The SMILES string of the molecule is O=C(NCC(Cc1ccccc1)N1CCCC1)c1ccc(=O)[nH]n1. The number of nitrogens with one attached hydrogen (secondary N) is 2. The van der Waals surface area contributed by atoms with E-state index in [1.54, 1.807) is 0 Å². The molecule has 24 heavy (non-hydrogen) atoms. The zero-order chi connectivity index (χ0) is 16.8. The van der Waals surface area contributed by atoms with Gasteiger partial charge in [0.15, 0.2) is 0 Å². The monoisotopic (exact) mass is 326 g/mol. The average molecular weight is 326 g/mol. The molecule has 0 bridgehead atoms. The van der Waals surface area contributed by atoms with Crippen LogP contribution in [-0.4, -0.2) is 46.7 Å². The van der Waals surface area contributed by atoms with Crippen LogP contribution in [0.3, 0.4) is 0 Å². The van der Waals surface area contributed by atoms with Gasteiger partial charge in [0, 0.05) is 18.7 Å². The van der Waals surface area contributed by atoms with Crippen LogP contribution in [0.25, 0.3) is 0 Å². The average Bonchev–Trinajstić information content (AvgIpc) is 3.14. The van der Waals surface area contributed by atoms with Crippen molar-refractivity contribution < 1.29 is 4.79 Å². The Bertz CT molecular complexity index is 703. The van der Waals surface area contributed by atoms with E-state index in [1.807, 2.05) is 18.2 Å². The first kappa shape index (κ1) is 16.4. The molecule has 0 radical (unpaired) electrons. The summed E-state index contributed by atoms with van der Waals surface area (Å²) in [6.07, 6.45) is 3.32. The summed E-state index contributed by atoms with van der Waals surface area (Å²) in [6, 6.07) is 13.3. The molecule has 1 amide bonds. The normalized spacial score (nSPS) is 16.0. The van der Waals surface area contributed by atoms with Crippen molar-refractivity contribution in [3.8, 4) is 0 Å². The molecule has 1 aromatic heterocycles.